The van der Waals surface area contributed by atoms with Crippen LogP contribution in [0.4, 0.5) is 11.4 Å². The molecule has 0 aliphatic carbocycles. The molecule has 35 heavy (non-hydrogen) atoms. The number of carbonyl (C=O) groups excluding carboxylic acids is 3. The van der Waals surface area contributed by atoms with Crippen molar-refractivity contribution in [3.63, 3.8) is 0 Å². The lowest BCUT2D eigenvalue weighted by molar-refractivity contribution is -0.132. The third-order valence-corrected chi connectivity index (χ3v) is 5.64. The van der Waals surface area contributed by atoms with Gasteiger partial charge in [0.15, 0.2) is 0 Å². The van der Waals surface area contributed by atoms with Crippen LogP contribution in [0.25, 0.3) is 5.76 Å². The summed E-state index contributed by atoms with van der Waals surface area (Å²) in [6.07, 6.45) is 3.14. The lowest BCUT2D eigenvalue weighted by Crippen LogP contribution is -2.29. The summed E-state index contributed by atoms with van der Waals surface area (Å²) in [7, 11) is 0. The van der Waals surface area contributed by atoms with Crippen LogP contribution in [0.5, 0.6) is 5.75 Å². The zero-order chi connectivity index (χ0) is 25.1. The fourth-order valence-corrected chi connectivity index (χ4v) is 4.16. The smallest absolute Gasteiger partial charge is 0.300 e. The zero-order valence-corrected chi connectivity index (χ0v) is 19.6. The minimum atomic E-state index is -0.914. The van der Waals surface area contributed by atoms with Crippen LogP contribution in [-0.2, 0) is 14.4 Å². The molecular formula is C27H25N3O5. The molecule has 8 nitrogen and oxygen atoms in total. The molecule has 1 unspecified atom stereocenters. The number of carbonyl (C=O) groups is 3. The number of aromatic nitrogens is 1. The predicted molar refractivity (Wildman–Crippen MR) is 132 cm³/mol. The van der Waals surface area contributed by atoms with Crippen LogP contribution in [0, 0.1) is 6.92 Å². The molecule has 2 aromatic carbocycles. The van der Waals surface area contributed by atoms with Crippen LogP contribution >= 0.6 is 0 Å². The number of pyridine rings is 1. The molecule has 1 aliphatic heterocycles. The van der Waals surface area contributed by atoms with Crippen molar-refractivity contribution in [2.75, 3.05) is 16.8 Å². The highest BCUT2D eigenvalue weighted by Gasteiger charge is 2.47. The van der Waals surface area contributed by atoms with Crippen LogP contribution in [0.2, 0.25) is 0 Å². The number of ether oxygens (including phenoxy) is 1. The summed E-state index contributed by atoms with van der Waals surface area (Å²) in [5.41, 5.74) is 2.56. The fraction of sp³-hybridized carbons (Fsp3) is 0.185. The molecule has 2 heterocycles. The average Bonchev–Trinajstić information content (AvgIpc) is 3.11. The number of aryl methyl sites for hydroxylation is 1. The van der Waals surface area contributed by atoms with Gasteiger partial charge in [-0.1, -0.05) is 12.1 Å². The summed E-state index contributed by atoms with van der Waals surface area (Å²) in [5, 5.41) is 14.0. The lowest BCUT2D eigenvalue weighted by atomic mass is 9.95. The third-order valence-electron chi connectivity index (χ3n) is 5.64. The van der Waals surface area contributed by atoms with Crippen LogP contribution in [-0.4, -0.2) is 34.3 Å². The number of aliphatic hydroxyl groups is 1. The molecular weight excluding hydrogens is 446 g/mol. The van der Waals surface area contributed by atoms with Gasteiger partial charge >= 0.3 is 0 Å². The molecule has 0 saturated carbocycles. The molecule has 1 saturated heterocycles. The number of nitrogens with zero attached hydrogens (tertiary/aromatic N) is 2. The Labute approximate surface area is 202 Å². The molecule has 1 aromatic heterocycles. The molecule has 1 fully saturated rings. The molecule has 0 radical (unpaired) electrons. The topological polar surface area (TPSA) is 109 Å². The third kappa shape index (κ3) is 4.63. The summed E-state index contributed by atoms with van der Waals surface area (Å²) in [6, 6.07) is 14.2. The molecule has 178 valence electrons. The molecule has 0 spiro atoms. The van der Waals surface area contributed by atoms with Crippen LogP contribution in [0.1, 0.15) is 36.6 Å². The Kier molecular flexibility index (Phi) is 6.64. The van der Waals surface area contributed by atoms with Gasteiger partial charge in [0.1, 0.15) is 11.5 Å². The number of hydrogen-bond donors (Lipinski definition) is 2. The summed E-state index contributed by atoms with van der Waals surface area (Å²) in [5.74, 6) is -1.48. The van der Waals surface area contributed by atoms with E-state index in [0.29, 0.717) is 34.9 Å². The molecule has 2 N–H and O–H groups in total. The van der Waals surface area contributed by atoms with Gasteiger partial charge in [-0.2, -0.15) is 0 Å². The van der Waals surface area contributed by atoms with E-state index >= 15 is 0 Å². The van der Waals surface area contributed by atoms with E-state index in [1.165, 1.54) is 11.8 Å². The number of aliphatic hydroxyl groups excluding tert-OH is 1. The first-order chi connectivity index (χ1) is 16.8. The first-order valence-electron chi connectivity index (χ1n) is 11.1. The Morgan fingerprint density at radius 3 is 2.60 bits per heavy atom. The van der Waals surface area contributed by atoms with Crippen molar-refractivity contribution in [1.82, 2.24) is 4.98 Å². The second-order valence-corrected chi connectivity index (χ2v) is 8.10. The van der Waals surface area contributed by atoms with Crippen LogP contribution in [0.3, 0.4) is 0 Å². The Bertz CT molecular complexity index is 1330. The standard InChI is InChI=1S/C27H25N3O5/c1-4-35-22-11-10-18(13-16(22)2)25(32)23-24(19-7-6-12-28-15-19)30(27(34)26(23)33)21-9-5-8-20(14-21)29-17(3)31/h5-15,24,32H,4H2,1-3H3,(H,29,31)/b25-23+. The van der Waals surface area contributed by atoms with E-state index in [1.54, 1.807) is 67.0 Å². The predicted octanol–water partition coefficient (Wildman–Crippen LogP) is 4.37. The highest BCUT2D eigenvalue weighted by atomic mass is 16.5. The van der Waals surface area contributed by atoms with Gasteiger partial charge in [0.2, 0.25) is 5.91 Å². The Balaban J connectivity index is 1.88. The monoisotopic (exact) mass is 471 g/mol. The Hall–Kier alpha value is -4.46. The van der Waals surface area contributed by atoms with E-state index in [2.05, 4.69) is 10.3 Å². The maximum Gasteiger partial charge on any atom is 0.300 e. The van der Waals surface area contributed by atoms with Crippen molar-refractivity contribution in [2.45, 2.75) is 26.8 Å². The van der Waals surface area contributed by atoms with Crippen molar-refractivity contribution in [1.29, 1.82) is 0 Å². The number of benzene rings is 2. The average molecular weight is 472 g/mol. The van der Waals surface area contributed by atoms with E-state index in [4.69, 9.17) is 4.74 Å². The van der Waals surface area contributed by atoms with Gasteiger partial charge in [-0.3, -0.25) is 24.3 Å². The first kappa shape index (κ1) is 23.7. The second kappa shape index (κ2) is 9.80. The molecule has 2 amide bonds. The molecule has 1 atom stereocenters. The summed E-state index contributed by atoms with van der Waals surface area (Å²) in [4.78, 5) is 43.6. The number of ketones is 1. The highest BCUT2D eigenvalue weighted by Crippen LogP contribution is 2.42. The minimum Gasteiger partial charge on any atom is -0.507 e. The van der Waals surface area contributed by atoms with E-state index in [0.717, 1.165) is 5.56 Å². The van der Waals surface area contributed by atoms with Crippen molar-refractivity contribution in [3.8, 4) is 5.75 Å². The van der Waals surface area contributed by atoms with Crippen molar-refractivity contribution < 1.29 is 24.2 Å². The number of anilines is 2. The van der Waals surface area contributed by atoms with E-state index in [9.17, 15) is 19.5 Å². The quantitative estimate of drug-likeness (QED) is 0.314. The molecule has 3 aromatic rings. The van der Waals surface area contributed by atoms with Gasteiger partial charge in [0, 0.05) is 36.3 Å². The molecule has 0 bridgehead atoms. The summed E-state index contributed by atoms with van der Waals surface area (Å²) >= 11 is 0. The largest absolute Gasteiger partial charge is 0.507 e. The van der Waals surface area contributed by atoms with Crippen LogP contribution in [0.15, 0.2) is 72.6 Å². The van der Waals surface area contributed by atoms with E-state index in [1.807, 2.05) is 13.8 Å². The van der Waals surface area contributed by atoms with Crippen molar-refractivity contribution >= 4 is 34.7 Å². The number of amides is 2. The van der Waals surface area contributed by atoms with Gasteiger partial charge in [-0.05, 0) is 67.4 Å². The fourth-order valence-electron chi connectivity index (χ4n) is 4.16. The normalized spacial score (nSPS) is 16.9. The van der Waals surface area contributed by atoms with Crippen LogP contribution < -0.4 is 15.0 Å². The second-order valence-electron chi connectivity index (χ2n) is 8.10. The first-order valence-corrected chi connectivity index (χ1v) is 11.1. The molecule has 1 aliphatic rings. The zero-order valence-electron chi connectivity index (χ0n) is 19.6. The van der Waals surface area contributed by atoms with Gasteiger partial charge in [0.05, 0.1) is 18.2 Å². The number of rotatable bonds is 6. The van der Waals surface area contributed by atoms with E-state index in [-0.39, 0.29) is 17.2 Å². The summed E-state index contributed by atoms with van der Waals surface area (Å²) < 4.78 is 5.57. The summed E-state index contributed by atoms with van der Waals surface area (Å²) in [6.45, 7) is 5.60. The number of hydrogen-bond acceptors (Lipinski definition) is 6. The Morgan fingerprint density at radius 1 is 1.14 bits per heavy atom. The molecule has 4 rings (SSSR count). The van der Waals surface area contributed by atoms with Gasteiger partial charge < -0.3 is 15.2 Å². The Morgan fingerprint density at radius 2 is 1.94 bits per heavy atom. The maximum atomic E-state index is 13.3. The van der Waals surface area contributed by atoms with Gasteiger partial charge in [-0.15, -0.1) is 0 Å². The number of Topliss-reactive ketones (excluding diaryl/α,β-unsaturated/α-hetero) is 1. The van der Waals surface area contributed by atoms with Gasteiger partial charge in [-0.25, -0.2) is 0 Å². The minimum absolute atomic E-state index is 0.0449. The van der Waals surface area contributed by atoms with E-state index < -0.39 is 17.7 Å². The van der Waals surface area contributed by atoms with Gasteiger partial charge in [0.25, 0.3) is 11.7 Å². The highest BCUT2D eigenvalue weighted by molar-refractivity contribution is 6.51. The maximum absolute atomic E-state index is 13.3. The van der Waals surface area contributed by atoms with Crippen molar-refractivity contribution in [2.24, 2.45) is 0 Å². The SMILES string of the molecule is CCOc1ccc(/C(O)=C2\C(=O)C(=O)N(c3cccc(NC(C)=O)c3)C2c2cccnc2)cc1C. The van der Waals surface area contributed by atoms with Crippen molar-refractivity contribution in [3.05, 3.63) is 89.3 Å². The number of nitrogens with one attached hydrogen (secondary N) is 1. The lowest BCUT2D eigenvalue weighted by Gasteiger charge is -2.25. The molecule has 8 heteroatoms.